The highest BCUT2D eigenvalue weighted by Gasteiger charge is 2.39. The van der Waals surface area contributed by atoms with E-state index >= 15 is 0 Å². The lowest BCUT2D eigenvalue weighted by Crippen LogP contribution is -2.29. The van der Waals surface area contributed by atoms with Gasteiger partial charge in [0.2, 0.25) is 5.91 Å². The van der Waals surface area contributed by atoms with Crippen molar-refractivity contribution in [1.82, 2.24) is 10.6 Å². The van der Waals surface area contributed by atoms with Crippen LogP contribution in [-0.2, 0) is 4.79 Å². The Kier molecular flexibility index (Phi) is 6.28. The molecule has 100 valence electrons. The van der Waals surface area contributed by atoms with E-state index in [1.54, 1.807) is 0 Å². The van der Waals surface area contributed by atoms with Crippen LogP contribution in [0.15, 0.2) is 0 Å². The Morgan fingerprint density at radius 2 is 2.06 bits per heavy atom. The van der Waals surface area contributed by atoms with Crippen molar-refractivity contribution in [3.63, 3.8) is 0 Å². The Morgan fingerprint density at radius 1 is 1.24 bits per heavy atom. The highest BCUT2D eigenvalue weighted by atomic mass is 35.5. The van der Waals surface area contributed by atoms with Crippen LogP contribution in [0, 0.1) is 17.8 Å². The van der Waals surface area contributed by atoms with Gasteiger partial charge in [-0.3, -0.25) is 4.79 Å². The summed E-state index contributed by atoms with van der Waals surface area (Å²) >= 11 is 0. The summed E-state index contributed by atoms with van der Waals surface area (Å²) in [5.41, 5.74) is 0. The molecular formula is C13H25ClN2O. The van der Waals surface area contributed by atoms with Crippen molar-refractivity contribution in [2.75, 3.05) is 20.1 Å². The minimum atomic E-state index is 0. The van der Waals surface area contributed by atoms with Crippen LogP contribution in [-0.4, -0.2) is 26.0 Å². The van der Waals surface area contributed by atoms with E-state index in [1.165, 1.54) is 25.7 Å². The van der Waals surface area contributed by atoms with Crippen LogP contribution in [0.2, 0.25) is 0 Å². The van der Waals surface area contributed by atoms with Gasteiger partial charge in [-0.05, 0) is 57.0 Å². The smallest absolute Gasteiger partial charge is 0.220 e. The van der Waals surface area contributed by atoms with Crippen molar-refractivity contribution < 1.29 is 4.79 Å². The molecule has 2 aliphatic rings. The van der Waals surface area contributed by atoms with Gasteiger partial charge >= 0.3 is 0 Å². The molecule has 0 aromatic heterocycles. The Bertz CT molecular complexity index is 248. The molecule has 0 radical (unpaired) electrons. The van der Waals surface area contributed by atoms with E-state index in [9.17, 15) is 4.79 Å². The molecule has 0 aromatic carbocycles. The van der Waals surface area contributed by atoms with Gasteiger partial charge in [-0.2, -0.15) is 0 Å². The van der Waals surface area contributed by atoms with Gasteiger partial charge < -0.3 is 10.6 Å². The van der Waals surface area contributed by atoms with Gasteiger partial charge in [-0.25, -0.2) is 0 Å². The maximum Gasteiger partial charge on any atom is 0.220 e. The number of hydrogen-bond donors (Lipinski definition) is 2. The summed E-state index contributed by atoms with van der Waals surface area (Å²) in [6.07, 6.45) is 7.32. The van der Waals surface area contributed by atoms with E-state index in [-0.39, 0.29) is 18.3 Å². The number of hydrogen-bond acceptors (Lipinski definition) is 2. The first-order valence-electron chi connectivity index (χ1n) is 6.71. The average molecular weight is 261 g/mol. The Morgan fingerprint density at radius 3 is 2.65 bits per heavy atom. The Hall–Kier alpha value is -0.280. The van der Waals surface area contributed by atoms with Gasteiger partial charge in [0.05, 0.1) is 0 Å². The van der Waals surface area contributed by atoms with E-state index in [4.69, 9.17) is 0 Å². The fourth-order valence-corrected chi connectivity index (χ4v) is 3.43. The van der Waals surface area contributed by atoms with Gasteiger partial charge in [0.15, 0.2) is 0 Å². The summed E-state index contributed by atoms with van der Waals surface area (Å²) in [7, 11) is 1.94. The minimum absolute atomic E-state index is 0. The third kappa shape index (κ3) is 4.14. The molecule has 0 spiro atoms. The molecule has 3 unspecified atom stereocenters. The molecule has 0 aliphatic heterocycles. The largest absolute Gasteiger partial charge is 0.356 e. The fourth-order valence-electron chi connectivity index (χ4n) is 3.43. The molecule has 3 atom stereocenters. The van der Waals surface area contributed by atoms with Gasteiger partial charge in [-0.15, -0.1) is 12.4 Å². The molecular weight excluding hydrogens is 236 g/mol. The number of carbonyl (C=O) groups is 1. The molecule has 1 amide bonds. The highest BCUT2D eigenvalue weighted by molar-refractivity contribution is 5.85. The predicted octanol–water partition coefficient (Wildman–Crippen LogP) is 1.96. The monoisotopic (exact) mass is 260 g/mol. The standard InChI is InChI=1S/C13H24N2O.ClH/c1-14-5-2-6-15-13(16)9-12-8-10-3-4-11(12)7-10;/h10-12,14H,2-9H2,1H3,(H,15,16);1H. The Balaban J connectivity index is 0.00000144. The second-order valence-corrected chi connectivity index (χ2v) is 5.45. The van der Waals surface area contributed by atoms with Gasteiger partial charge in [0, 0.05) is 13.0 Å². The third-order valence-electron chi connectivity index (χ3n) is 4.26. The lowest BCUT2D eigenvalue weighted by atomic mass is 9.86. The predicted molar refractivity (Wildman–Crippen MR) is 72.4 cm³/mol. The lowest BCUT2D eigenvalue weighted by molar-refractivity contribution is -0.122. The zero-order valence-corrected chi connectivity index (χ0v) is 11.5. The molecule has 17 heavy (non-hydrogen) atoms. The van der Waals surface area contributed by atoms with Crippen LogP contribution in [0.5, 0.6) is 0 Å². The molecule has 2 N–H and O–H groups in total. The zero-order valence-electron chi connectivity index (χ0n) is 10.7. The number of rotatable bonds is 6. The molecule has 3 nitrogen and oxygen atoms in total. The summed E-state index contributed by atoms with van der Waals surface area (Å²) in [6, 6.07) is 0. The van der Waals surface area contributed by atoms with E-state index < -0.39 is 0 Å². The van der Waals surface area contributed by atoms with Crippen molar-refractivity contribution in [3.8, 4) is 0 Å². The third-order valence-corrected chi connectivity index (χ3v) is 4.26. The van der Waals surface area contributed by atoms with Crippen LogP contribution in [0.3, 0.4) is 0 Å². The topological polar surface area (TPSA) is 41.1 Å². The minimum Gasteiger partial charge on any atom is -0.356 e. The maximum absolute atomic E-state index is 11.7. The SMILES string of the molecule is CNCCCNC(=O)CC1CC2CCC1C2.Cl. The number of nitrogens with one attached hydrogen (secondary N) is 2. The molecule has 0 heterocycles. The van der Waals surface area contributed by atoms with E-state index in [2.05, 4.69) is 10.6 Å². The van der Waals surface area contributed by atoms with E-state index in [1.807, 2.05) is 7.05 Å². The van der Waals surface area contributed by atoms with Crippen LogP contribution in [0.1, 0.15) is 38.5 Å². The van der Waals surface area contributed by atoms with Crippen LogP contribution in [0.4, 0.5) is 0 Å². The summed E-state index contributed by atoms with van der Waals surface area (Å²) in [5, 5.41) is 6.11. The molecule has 2 fully saturated rings. The van der Waals surface area contributed by atoms with E-state index in [0.717, 1.165) is 37.8 Å². The summed E-state index contributed by atoms with van der Waals surface area (Å²) in [6.45, 7) is 1.80. The molecule has 0 saturated heterocycles. The van der Waals surface area contributed by atoms with Crippen LogP contribution < -0.4 is 10.6 Å². The van der Waals surface area contributed by atoms with Crippen LogP contribution >= 0.6 is 12.4 Å². The first-order valence-corrected chi connectivity index (χ1v) is 6.71. The molecule has 2 aliphatic carbocycles. The van der Waals surface area contributed by atoms with E-state index in [0.29, 0.717) is 5.92 Å². The second-order valence-electron chi connectivity index (χ2n) is 5.45. The van der Waals surface area contributed by atoms with Crippen molar-refractivity contribution >= 4 is 18.3 Å². The highest BCUT2D eigenvalue weighted by Crippen LogP contribution is 2.49. The van der Waals surface area contributed by atoms with Gasteiger partial charge in [0.1, 0.15) is 0 Å². The number of halogens is 1. The molecule has 0 aromatic rings. The second kappa shape index (κ2) is 7.22. The van der Waals surface area contributed by atoms with Crippen LogP contribution in [0.25, 0.3) is 0 Å². The van der Waals surface area contributed by atoms with Crippen molar-refractivity contribution in [3.05, 3.63) is 0 Å². The zero-order chi connectivity index (χ0) is 11.4. The first-order chi connectivity index (χ1) is 7.79. The van der Waals surface area contributed by atoms with Crippen molar-refractivity contribution in [2.24, 2.45) is 17.8 Å². The number of carbonyl (C=O) groups excluding carboxylic acids is 1. The maximum atomic E-state index is 11.7. The summed E-state index contributed by atoms with van der Waals surface area (Å²) in [4.78, 5) is 11.7. The molecule has 2 rings (SSSR count). The first kappa shape index (κ1) is 14.8. The van der Waals surface area contributed by atoms with Gasteiger partial charge in [0.25, 0.3) is 0 Å². The van der Waals surface area contributed by atoms with Crippen molar-refractivity contribution in [1.29, 1.82) is 0 Å². The molecule has 2 bridgehead atoms. The average Bonchev–Trinajstić information content (AvgIpc) is 2.86. The lowest BCUT2D eigenvalue weighted by Gasteiger charge is -2.20. The Labute approximate surface area is 111 Å². The summed E-state index contributed by atoms with van der Waals surface area (Å²) in [5.74, 6) is 2.79. The number of amides is 1. The molecule has 2 saturated carbocycles. The van der Waals surface area contributed by atoms with Gasteiger partial charge in [-0.1, -0.05) is 6.42 Å². The normalized spacial score (nSPS) is 30.1. The summed E-state index contributed by atoms with van der Waals surface area (Å²) < 4.78 is 0. The quantitative estimate of drug-likeness (QED) is 0.717. The fraction of sp³-hybridized carbons (Fsp3) is 0.923. The van der Waals surface area contributed by atoms with Crippen molar-refractivity contribution in [2.45, 2.75) is 38.5 Å². The molecule has 4 heteroatoms. The number of fused-ring (bicyclic) bond motifs is 2.